The number of nitrogens with zero attached hydrogens (tertiary/aromatic N) is 1. The van der Waals surface area contributed by atoms with Gasteiger partial charge in [-0.2, -0.15) is 4.31 Å². The summed E-state index contributed by atoms with van der Waals surface area (Å²) >= 11 is 0. The van der Waals surface area contributed by atoms with Crippen molar-refractivity contribution < 1.29 is 17.6 Å². The molecule has 0 radical (unpaired) electrons. The molecular weight excluding hydrogens is 367 g/mol. The molecule has 7 heteroatoms. The van der Waals surface area contributed by atoms with Gasteiger partial charge in [0, 0.05) is 13.1 Å². The summed E-state index contributed by atoms with van der Waals surface area (Å²) < 4.78 is 41.3. The summed E-state index contributed by atoms with van der Waals surface area (Å²) in [5.41, 5.74) is 1.65. The van der Waals surface area contributed by atoms with E-state index in [0.29, 0.717) is 24.9 Å². The lowest BCUT2D eigenvalue weighted by Crippen LogP contribution is -2.43. The average molecular weight is 390 g/mol. The Labute approximate surface area is 159 Å². The van der Waals surface area contributed by atoms with Gasteiger partial charge in [-0.1, -0.05) is 24.3 Å². The van der Waals surface area contributed by atoms with Gasteiger partial charge in [0.2, 0.25) is 15.9 Å². The maximum absolute atomic E-state index is 13.8. The van der Waals surface area contributed by atoms with Crippen LogP contribution in [0.25, 0.3) is 0 Å². The molecule has 0 aliphatic carbocycles. The van der Waals surface area contributed by atoms with Crippen molar-refractivity contribution in [1.29, 1.82) is 0 Å². The van der Waals surface area contributed by atoms with Crippen molar-refractivity contribution in [2.75, 3.05) is 18.4 Å². The third kappa shape index (κ3) is 4.20. The lowest BCUT2D eigenvalue weighted by atomic mass is 9.98. The topological polar surface area (TPSA) is 66.5 Å². The van der Waals surface area contributed by atoms with Crippen LogP contribution in [0, 0.1) is 25.6 Å². The number of hydrogen-bond donors (Lipinski definition) is 1. The first-order chi connectivity index (χ1) is 12.8. The highest BCUT2D eigenvalue weighted by molar-refractivity contribution is 7.89. The van der Waals surface area contributed by atoms with Crippen molar-refractivity contribution in [1.82, 2.24) is 4.31 Å². The minimum Gasteiger partial charge on any atom is -0.323 e. The number of aryl methyl sites for hydroxylation is 2. The number of carbonyl (C=O) groups excluding carboxylic acids is 1. The maximum Gasteiger partial charge on any atom is 0.243 e. The predicted octanol–water partition coefficient (Wildman–Crippen LogP) is 3.48. The first-order valence-corrected chi connectivity index (χ1v) is 10.4. The quantitative estimate of drug-likeness (QED) is 0.869. The van der Waals surface area contributed by atoms with Gasteiger partial charge < -0.3 is 5.32 Å². The number of hydrogen-bond acceptors (Lipinski definition) is 3. The van der Waals surface area contributed by atoms with Crippen LogP contribution in [-0.2, 0) is 14.8 Å². The molecule has 2 aromatic carbocycles. The van der Waals surface area contributed by atoms with E-state index in [1.807, 2.05) is 13.0 Å². The molecule has 1 N–H and O–H groups in total. The van der Waals surface area contributed by atoms with E-state index in [1.54, 1.807) is 31.2 Å². The largest absolute Gasteiger partial charge is 0.323 e. The van der Waals surface area contributed by atoms with Crippen molar-refractivity contribution in [2.45, 2.75) is 31.6 Å². The van der Waals surface area contributed by atoms with Gasteiger partial charge in [-0.15, -0.1) is 0 Å². The molecule has 144 valence electrons. The lowest BCUT2D eigenvalue weighted by molar-refractivity contribution is -0.120. The normalized spacial score (nSPS) is 18.3. The van der Waals surface area contributed by atoms with E-state index in [4.69, 9.17) is 0 Å². The second-order valence-corrected chi connectivity index (χ2v) is 8.85. The van der Waals surface area contributed by atoms with Crippen LogP contribution in [0.4, 0.5) is 10.1 Å². The molecule has 27 heavy (non-hydrogen) atoms. The smallest absolute Gasteiger partial charge is 0.243 e. The molecule has 0 aromatic heterocycles. The molecule has 1 aliphatic rings. The molecule has 2 aromatic rings. The zero-order chi connectivity index (χ0) is 19.6. The number of rotatable bonds is 4. The Morgan fingerprint density at radius 3 is 2.67 bits per heavy atom. The van der Waals surface area contributed by atoms with Crippen LogP contribution >= 0.6 is 0 Å². The summed E-state index contributed by atoms with van der Waals surface area (Å²) in [5.74, 6) is -1.39. The van der Waals surface area contributed by atoms with Gasteiger partial charge in [0.1, 0.15) is 5.82 Å². The minimum absolute atomic E-state index is 0.0933. The Bertz CT molecular complexity index is 959. The van der Waals surface area contributed by atoms with Gasteiger partial charge in [-0.3, -0.25) is 4.79 Å². The molecule has 0 bridgehead atoms. The first kappa shape index (κ1) is 19.5. The zero-order valence-electron chi connectivity index (χ0n) is 15.4. The number of carbonyl (C=O) groups is 1. The molecule has 0 spiro atoms. The number of sulfonamides is 1. The number of nitrogens with one attached hydrogen (secondary N) is 1. The second kappa shape index (κ2) is 7.78. The standard InChI is InChI=1S/C20H23FN2O3S/c1-14-9-10-15(2)19(12-14)27(25,26)23-11-5-6-16(13-23)20(24)22-18-8-4-3-7-17(18)21/h3-4,7-10,12,16H,5-6,11,13H2,1-2H3,(H,22,24)/t16-/m1/s1. The SMILES string of the molecule is Cc1ccc(C)c(S(=O)(=O)N2CCC[C@@H](C(=O)Nc3ccccc3F)C2)c1. The van der Waals surface area contributed by atoms with E-state index in [0.717, 1.165) is 5.56 Å². The summed E-state index contributed by atoms with van der Waals surface area (Å²) in [6.07, 6.45) is 1.15. The third-order valence-corrected chi connectivity index (χ3v) is 6.86. The molecule has 1 aliphatic heterocycles. The monoisotopic (exact) mass is 390 g/mol. The van der Waals surface area contributed by atoms with Crippen LogP contribution in [0.3, 0.4) is 0 Å². The Hall–Kier alpha value is -2.25. The van der Waals surface area contributed by atoms with E-state index < -0.39 is 21.8 Å². The van der Waals surface area contributed by atoms with Gasteiger partial charge in [0.25, 0.3) is 0 Å². The minimum atomic E-state index is -3.68. The first-order valence-electron chi connectivity index (χ1n) is 8.92. The van der Waals surface area contributed by atoms with Crippen molar-refractivity contribution in [3.63, 3.8) is 0 Å². The summed E-state index contributed by atoms with van der Waals surface area (Å²) in [7, 11) is -3.68. The predicted molar refractivity (Wildman–Crippen MR) is 102 cm³/mol. The van der Waals surface area contributed by atoms with Crippen molar-refractivity contribution in [2.24, 2.45) is 5.92 Å². The molecule has 0 saturated carbocycles. The molecule has 0 unspecified atom stereocenters. The highest BCUT2D eigenvalue weighted by Gasteiger charge is 2.34. The van der Waals surface area contributed by atoms with Gasteiger partial charge >= 0.3 is 0 Å². The van der Waals surface area contributed by atoms with E-state index in [1.165, 1.54) is 16.4 Å². The summed E-state index contributed by atoms with van der Waals surface area (Å²) in [4.78, 5) is 12.8. The number of amides is 1. The number of halogens is 1. The number of anilines is 1. The van der Waals surface area contributed by atoms with Gasteiger partial charge in [-0.25, -0.2) is 12.8 Å². The second-order valence-electron chi connectivity index (χ2n) is 6.94. The maximum atomic E-state index is 13.8. The summed E-state index contributed by atoms with van der Waals surface area (Å²) in [6, 6.07) is 11.3. The van der Waals surface area contributed by atoms with Crippen molar-refractivity contribution >= 4 is 21.6 Å². The highest BCUT2D eigenvalue weighted by Crippen LogP contribution is 2.27. The van der Waals surface area contributed by atoms with Gasteiger partial charge in [-0.05, 0) is 56.0 Å². The number of benzene rings is 2. The molecule has 1 fully saturated rings. The molecule has 1 heterocycles. The van der Waals surface area contributed by atoms with Crippen LogP contribution in [0.1, 0.15) is 24.0 Å². The fourth-order valence-electron chi connectivity index (χ4n) is 3.30. The van der Waals surface area contributed by atoms with Crippen LogP contribution in [0.5, 0.6) is 0 Å². The Kier molecular flexibility index (Phi) is 5.62. The van der Waals surface area contributed by atoms with Crippen molar-refractivity contribution in [3.8, 4) is 0 Å². The molecule has 1 atom stereocenters. The van der Waals surface area contributed by atoms with E-state index in [9.17, 15) is 17.6 Å². The van der Waals surface area contributed by atoms with Crippen molar-refractivity contribution in [3.05, 3.63) is 59.4 Å². The summed E-state index contributed by atoms with van der Waals surface area (Å²) in [5, 5.41) is 2.58. The Balaban J connectivity index is 1.78. The average Bonchev–Trinajstić information content (AvgIpc) is 2.65. The molecule has 5 nitrogen and oxygen atoms in total. The fraction of sp³-hybridized carbons (Fsp3) is 0.350. The van der Waals surface area contributed by atoms with E-state index >= 15 is 0 Å². The number of para-hydroxylation sites is 1. The van der Waals surface area contributed by atoms with Crippen LogP contribution in [-0.4, -0.2) is 31.7 Å². The molecular formula is C20H23FN2O3S. The fourth-order valence-corrected chi connectivity index (χ4v) is 5.13. The zero-order valence-corrected chi connectivity index (χ0v) is 16.2. The molecule has 1 amide bonds. The van der Waals surface area contributed by atoms with Crippen LogP contribution in [0.2, 0.25) is 0 Å². The van der Waals surface area contributed by atoms with Gasteiger partial charge in [0.05, 0.1) is 16.5 Å². The third-order valence-electron chi connectivity index (χ3n) is 4.85. The van der Waals surface area contributed by atoms with Crippen LogP contribution in [0.15, 0.2) is 47.4 Å². The van der Waals surface area contributed by atoms with E-state index in [2.05, 4.69) is 5.32 Å². The molecule has 3 rings (SSSR count). The number of piperidine rings is 1. The van der Waals surface area contributed by atoms with E-state index in [-0.39, 0.29) is 23.0 Å². The Morgan fingerprint density at radius 2 is 1.93 bits per heavy atom. The summed E-state index contributed by atoms with van der Waals surface area (Å²) in [6.45, 7) is 4.08. The highest BCUT2D eigenvalue weighted by atomic mass is 32.2. The van der Waals surface area contributed by atoms with Gasteiger partial charge in [0.15, 0.2) is 0 Å². The lowest BCUT2D eigenvalue weighted by Gasteiger charge is -2.31. The molecule has 1 saturated heterocycles. The Morgan fingerprint density at radius 1 is 1.19 bits per heavy atom. The van der Waals surface area contributed by atoms with Crippen LogP contribution < -0.4 is 5.32 Å².